The van der Waals surface area contributed by atoms with Gasteiger partial charge in [0, 0.05) is 5.56 Å². The number of hydrogen-bond acceptors (Lipinski definition) is 8. The number of nitrogens with zero attached hydrogens (tertiary/aromatic N) is 4. The van der Waals surface area contributed by atoms with Crippen molar-refractivity contribution in [2.24, 2.45) is 4.99 Å². The Kier molecular flexibility index (Phi) is 5.53. The van der Waals surface area contributed by atoms with Crippen LogP contribution in [0.4, 0.5) is 13.2 Å². The molecular weight excluding hydrogens is 405 g/mol. The highest BCUT2D eigenvalue weighted by Crippen LogP contribution is 2.26. The maximum atomic E-state index is 12.2. The van der Waals surface area contributed by atoms with Gasteiger partial charge in [-0.3, -0.25) is 0 Å². The minimum absolute atomic E-state index is 0.0611. The second-order valence-electron chi connectivity index (χ2n) is 6.20. The second-order valence-corrected chi connectivity index (χ2v) is 6.20. The first-order valence-corrected chi connectivity index (χ1v) is 8.75. The first-order chi connectivity index (χ1) is 14.4. The number of aromatic nitrogens is 2. The van der Waals surface area contributed by atoms with Gasteiger partial charge in [-0.1, -0.05) is 17.3 Å². The Morgan fingerprint density at radius 1 is 1.07 bits per heavy atom. The summed E-state index contributed by atoms with van der Waals surface area (Å²) in [5, 5.41) is 5.52. The van der Waals surface area contributed by atoms with Crippen molar-refractivity contribution < 1.29 is 32.0 Å². The van der Waals surface area contributed by atoms with Crippen molar-refractivity contribution in [1.82, 2.24) is 15.2 Å². The summed E-state index contributed by atoms with van der Waals surface area (Å²) in [4.78, 5) is 13.4. The lowest BCUT2D eigenvalue weighted by Crippen LogP contribution is -2.17. The highest BCUT2D eigenvalue weighted by molar-refractivity contribution is 5.54. The van der Waals surface area contributed by atoms with Crippen LogP contribution >= 0.6 is 0 Å². The Morgan fingerprint density at radius 3 is 2.63 bits per heavy atom. The van der Waals surface area contributed by atoms with Crippen LogP contribution in [0.2, 0.25) is 0 Å². The molecule has 8 nitrogen and oxygen atoms in total. The van der Waals surface area contributed by atoms with Crippen LogP contribution in [-0.4, -0.2) is 34.6 Å². The van der Waals surface area contributed by atoms with E-state index in [-0.39, 0.29) is 18.2 Å². The second kappa shape index (κ2) is 8.41. The molecule has 4 rings (SSSR count). The summed E-state index contributed by atoms with van der Waals surface area (Å²) in [6.45, 7) is 1.09. The van der Waals surface area contributed by atoms with E-state index in [9.17, 15) is 13.2 Å². The number of ether oxygens (including phenoxy) is 2. The van der Waals surface area contributed by atoms with Crippen molar-refractivity contribution in [3.63, 3.8) is 0 Å². The van der Waals surface area contributed by atoms with Gasteiger partial charge in [0.25, 0.3) is 5.89 Å². The molecule has 0 N–H and O–H groups in total. The molecule has 2 aromatic carbocycles. The maximum Gasteiger partial charge on any atom is 0.573 e. The quantitative estimate of drug-likeness (QED) is 0.572. The standard InChI is InChI=1S/C19H15F3N4O4/c20-19(21,22)29-15-6-4-14(5-7-15)18-24-17(25-30-18)10-27-16-3-1-2-13(8-16)9-26-11-23-12-28-26/h1-8,12H,9-11H2. The minimum Gasteiger partial charge on any atom is -0.485 e. The van der Waals surface area contributed by atoms with Crippen LogP contribution in [-0.2, 0) is 18.0 Å². The molecule has 0 bridgehead atoms. The molecule has 11 heteroatoms. The monoisotopic (exact) mass is 420 g/mol. The molecule has 0 saturated heterocycles. The lowest BCUT2D eigenvalue weighted by atomic mass is 10.2. The van der Waals surface area contributed by atoms with E-state index in [1.165, 1.54) is 30.7 Å². The molecule has 0 fully saturated rings. The molecule has 0 saturated carbocycles. The van der Waals surface area contributed by atoms with Crippen molar-refractivity contribution in [3.8, 4) is 23.0 Å². The van der Waals surface area contributed by atoms with E-state index in [1.54, 1.807) is 11.1 Å². The molecule has 1 aliphatic rings. The van der Waals surface area contributed by atoms with Gasteiger partial charge >= 0.3 is 6.36 Å². The Bertz CT molecular complexity index is 1010. The first kappa shape index (κ1) is 19.7. The lowest BCUT2D eigenvalue weighted by Gasteiger charge is -2.13. The highest BCUT2D eigenvalue weighted by atomic mass is 19.4. The molecule has 0 aliphatic carbocycles. The summed E-state index contributed by atoms with van der Waals surface area (Å²) >= 11 is 0. The van der Waals surface area contributed by atoms with Crippen LogP contribution in [0, 0.1) is 0 Å². The van der Waals surface area contributed by atoms with Gasteiger partial charge in [-0.05, 0) is 42.0 Å². The number of halogens is 3. The van der Waals surface area contributed by atoms with Gasteiger partial charge in [0.15, 0.2) is 13.0 Å². The van der Waals surface area contributed by atoms with Crippen LogP contribution in [0.25, 0.3) is 11.5 Å². The van der Waals surface area contributed by atoms with Crippen LogP contribution in [0.1, 0.15) is 11.4 Å². The number of hydrogen-bond donors (Lipinski definition) is 0. The number of benzene rings is 2. The van der Waals surface area contributed by atoms with Gasteiger partial charge in [0.05, 0.1) is 6.54 Å². The highest BCUT2D eigenvalue weighted by Gasteiger charge is 2.31. The SMILES string of the molecule is FC(F)(F)Oc1ccc(-c2nc(COc3cccc(CN4CN=CO4)c3)no2)cc1. The number of alkyl halides is 3. The van der Waals surface area contributed by atoms with E-state index in [2.05, 4.69) is 19.9 Å². The number of rotatable bonds is 7. The molecule has 3 aromatic rings. The van der Waals surface area contributed by atoms with Crippen molar-refractivity contribution in [1.29, 1.82) is 0 Å². The van der Waals surface area contributed by atoms with E-state index in [4.69, 9.17) is 14.1 Å². The zero-order chi connectivity index (χ0) is 21.0. The average molecular weight is 420 g/mol. The van der Waals surface area contributed by atoms with Gasteiger partial charge < -0.3 is 18.8 Å². The normalized spacial score (nSPS) is 14.0. The molecule has 0 spiro atoms. The molecule has 0 amide bonds. The van der Waals surface area contributed by atoms with Crippen LogP contribution in [0.5, 0.6) is 11.5 Å². The first-order valence-electron chi connectivity index (χ1n) is 8.75. The Labute approximate surface area is 168 Å². The smallest absolute Gasteiger partial charge is 0.485 e. The summed E-state index contributed by atoms with van der Waals surface area (Å²) < 4.78 is 51.4. The van der Waals surface area contributed by atoms with Gasteiger partial charge in [-0.25, -0.2) is 4.99 Å². The van der Waals surface area contributed by atoms with Crippen LogP contribution in [0.3, 0.4) is 0 Å². The molecule has 156 valence electrons. The van der Waals surface area contributed by atoms with Crippen LogP contribution in [0.15, 0.2) is 58.0 Å². The zero-order valence-corrected chi connectivity index (χ0v) is 15.4. The zero-order valence-electron chi connectivity index (χ0n) is 15.4. The van der Waals surface area contributed by atoms with Crippen LogP contribution < -0.4 is 9.47 Å². The predicted octanol–water partition coefficient (Wildman–Crippen LogP) is 3.95. The Morgan fingerprint density at radius 2 is 1.90 bits per heavy atom. The van der Waals surface area contributed by atoms with E-state index in [0.29, 0.717) is 30.4 Å². The van der Waals surface area contributed by atoms with Gasteiger partial charge in [0.1, 0.15) is 18.2 Å². The fraction of sp³-hybridized carbons (Fsp3) is 0.211. The fourth-order valence-electron chi connectivity index (χ4n) is 2.66. The Balaban J connectivity index is 1.34. The van der Waals surface area contributed by atoms with E-state index in [0.717, 1.165) is 5.56 Å². The molecule has 1 aromatic heterocycles. The van der Waals surface area contributed by atoms with Gasteiger partial charge in [-0.2, -0.15) is 4.98 Å². The number of aliphatic imine (C=N–C) groups is 1. The summed E-state index contributed by atoms with van der Waals surface area (Å²) in [6, 6.07) is 12.6. The van der Waals surface area contributed by atoms with Crippen molar-refractivity contribution in [2.45, 2.75) is 19.5 Å². The molecule has 1 aliphatic heterocycles. The fourth-order valence-corrected chi connectivity index (χ4v) is 2.66. The predicted molar refractivity (Wildman–Crippen MR) is 97.2 cm³/mol. The lowest BCUT2D eigenvalue weighted by molar-refractivity contribution is -0.274. The summed E-state index contributed by atoms with van der Waals surface area (Å²) in [5.41, 5.74) is 1.44. The topological polar surface area (TPSA) is 82.2 Å². The molecule has 30 heavy (non-hydrogen) atoms. The third kappa shape index (κ3) is 5.26. The van der Waals surface area contributed by atoms with Crippen molar-refractivity contribution in [3.05, 3.63) is 59.9 Å². The molecule has 0 atom stereocenters. The molecule has 2 heterocycles. The average Bonchev–Trinajstić information content (AvgIpc) is 3.38. The number of hydroxylamine groups is 2. The third-order valence-electron chi connectivity index (χ3n) is 3.94. The van der Waals surface area contributed by atoms with Gasteiger partial charge in [-0.15, -0.1) is 18.2 Å². The molecular formula is C19H15F3N4O4. The summed E-state index contributed by atoms with van der Waals surface area (Å²) in [7, 11) is 0. The molecule has 0 radical (unpaired) electrons. The van der Waals surface area contributed by atoms with Crippen molar-refractivity contribution in [2.75, 3.05) is 6.67 Å². The summed E-state index contributed by atoms with van der Waals surface area (Å²) in [6.07, 6.45) is -3.35. The summed E-state index contributed by atoms with van der Waals surface area (Å²) in [5.74, 6) is 0.738. The largest absolute Gasteiger partial charge is 0.573 e. The maximum absolute atomic E-state index is 12.2. The minimum atomic E-state index is -4.75. The van der Waals surface area contributed by atoms with E-state index < -0.39 is 6.36 Å². The molecule has 0 unspecified atom stereocenters. The Hall–Kier alpha value is -3.60. The van der Waals surface area contributed by atoms with E-state index >= 15 is 0 Å². The van der Waals surface area contributed by atoms with E-state index in [1.807, 2.05) is 18.2 Å². The van der Waals surface area contributed by atoms with Gasteiger partial charge in [0.2, 0.25) is 5.82 Å². The third-order valence-corrected chi connectivity index (χ3v) is 3.94. The van der Waals surface area contributed by atoms with Crippen molar-refractivity contribution >= 4 is 6.40 Å².